The molecular formula is C16H24Cl2N2S. The van der Waals surface area contributed by atoms with Gasteiger partial charge in [-0.3, -0.25) is 4.90 Å². The van der Waals surface area contributed by atoms with Gasteiger partial charge >= 0.3 is 0 Å². The third-order valence-corrected chi connectivity index (χ3v) is 5.54. The molecule has 1 saturated heterocycles. The molecular weight excluding hydrogens is 323 g/mol. The highest BCUT2D eigenvalue weighted by molar-refractivity contribution is 7.99. The van der Waals surface area contributed by atoms with Gasteiger partial charge in [-0.25, -0.2) is 0 Å². The van der Waals surface area contributed by atoms with Crippen molar-refractivity contribution in [1.82, 2.24) is 10.2 Å². The summed E-state index contributed by atoms with van der Waals surface area (Å²) in [6, 6.07) is 6.36. The fraction of sp³-hybridized carbons (Fsp3) is 0.625. The molecule has 0 aliphatic carbocycles. The number of nitrogens with one attached hydrogen (secondary N) is 1. The van der Waals surface area contributed by atoms with Crippen molar-refractivity contribution >= 4 is 35.0 Å². The Labute approximate surface area is 142 Å². The fourth-order valence-electron chi connectivity index (χ4n) is 2.77. The van der Waals surface area contributed by atoms with Gasteiger partial charge in [-0.15, -0.1) is 11.8 Å². The van der Waals surface area contributed by atoms with Crippen LogP contribution in [-0.2, 0) is 0 Å². The van der Waals surface area contributed by atoms with E-state index in [2.05, 4.69) is 17.1 Å². The van der Waals surface area contributed by atoms with E-state index >= 15 is 0 Å². The third-order valence-electron chi connectivity index (χ3n) is 3.83. The molecule has 1 N–H and O–H groups in total. The molecule has 0 aromatic heterocycles. The van der Waals surface area contributed by atoms with E-state index in [1.54, 1.807) is 11.8 Å². The quantitative estimate of drug-likeness (QED) is 0.729. The van der Waals surface area contributed by atoms with E-state index in [-0.39, 0.29) is 0 Å². The minimum absolute atomic E-state index is 0.689. The van der Waals surface area contributed by atoms with Crippen molar-refractivity contribution in [3.63, 3.8) is 0 Å². The zero-order valence-corrected chi connectivity index (χ0v) is 14.9. The van der Waals surface area contributed by atoms with Gasteiger partial charge in [0.15, 0.2) is 0 Å². The van der Waals surface area contributed by atoms with Crippen molar-refractivity contribution in [2.24, 2.45) is 0 Å². The molecule has 2 nitrogen and oxygen atoms in total. The molecule has 0 saturated carbocycles. The van der Waals surface area contributed by atoms with E-state index in [4.69, 9.17) is 23.2 Å². The molecule has 5 heteroatoms. The molecule has 1 aliphatic heterocycles. The molecule has 21 heavy (non-hydrogen) atoms. The van der Waals surface area contributed by atoms with E-state index in [1.165, 1.54) is 32.4 Å². The van der Waals surface area contributed by atoms with Gasteiger partial charge in [0.05, 0.1) is 5.02 Å². The molecule has 1 heterocycles. The van der Waals surface area contributed by atoms with Crippen LogP contribution in [0.1, 0.15) is 26.2 Å². The van der Waals surface area contributed by atoms with E-state index in [0.717, 1.165) is 33.8 Å². The smallest absolute Gasteiger partial charge is 0.0542 e. The summed E-state index contributed by atoms with van der Waals surface area (Å²) in [7, 11) is 0. The molecule has 1 atom stereocenters. The Hall–Kier alpha value is 0.0700. The minimum atomic E-state index is 0.689. The predicted molar refractivity (Wildman–Crippen MR) is 94.9 cm³/mol. The maximum Gasteiger partial charge on any atom is 0.0542 e. The number of rotatable bonds is 7. The standard InChI is InChI=1S/C16H24Cl2N2S/c1-2-8-20(14-4-3-7-19-12-14)9-10-21-16-11-13(17)5-6-15(16)18/h5-6,11,14,19H,2-4,7-10,12H2,1H3. The Balaban J connectivity index is 1.85. The largest absolute Gasteiger partial charge is 0.315 e. The minimum Gasteiger partial charge on any atom is -0.315 e. The maximum atomic E-state index is 6.22. The number of hydrogen-bond donors (Lipinski definition) is 1. The Morgan fingerprint density at radius 2 is 2.19 bits per heavy atom. The van der Waals surface area contributed by atoms with Gasteiger partial charge in [0.1, 0.15) is 0 Å². The highest BCUT2D eigenvalue weighted by atomic mass is 35.5. The number of nitrogens with zero attached hydrogens (tertiary/aromatic N) is 1. The lowest BCUT2D eigenvalue weighted by atomic mass is 10.1. The summed E-state index contributed by atoms with van der Waals surface area (Å²) in [6.07, 6.45) is 3.81. The molecule has 1 unspecified atom stereocenters. The van der Waals surface area contributed by atoms with Crippen LogP contribution in [0.25, 0.3) is 0 Å². The van der Waals surface area contributed by atoms with Crippen LogP contribution in [0.15, 0.2) is 23.1 Å². The van der Waals surface area contributed by atoms with Gasteiger partial charge in [-0.1, -0.05) is 30.1 Å². The summed E-state index contributed by atoms with van der Waals surface area (Å²) < 4.78 is 0. The van der Waals surface area contributed by atoms with Crippen LogP contribution in [0.4, 0.5) is 0 Å². The summed E-state index contributed by atoms with van der Waals surface area (Å²) in [5, 5.41) is 5.06. The van der Waals surface area contributed by atoms with E-state index in [1.807, 2.05) is 18.2 Å². The van der Waals surface area contributed by atoms with E-state index < -0.39 is 0 Å². The maximum absolute atomic E-state index is 6.22. The lowest BCUT2D eigenvalue weighted by Gasteiger charge is -2.34. The van der Waals surface area contributed by atoms with Crippen molar-refractivity contribution in [2.75, 3.05) is 31.9 Å². The van der Waals surface area contributed by atoms with Crippen molar-refractivity contribution < 1.29 is 0 Å². The lowest BCUT2D eigenvalue weighted by Crippen LogP contribution is -2.47. The molecule has 1 aromatic carbocycles. The summed E-state index contributed by atoms with van der Waals surface area (Å²) in [4.78, 5) is 3.71. The Morgan fingerprint density at radius 3 is 2.90 bits per heavy atom. The number of hydrogen-bond acceptors (Lipinski definition) is 3. The first-order valence-corrected chi connectivity index (χ1v) is 9.47. The molecule has 1 fully saturated rings. The zero-order valence-electron chi connectivity index (χ0n) is 12.6. The average Bonchev–Trinajstić information content (AvgIpc) is 2.51. The van der Waals surface area contributed by atoms with Crippen LogP contribution in [0.2, 0.25) is 10.0 Å². The second-order valence-electron chi connectivity index (χ2n) is 5.46. The van der Waals surface area contributed by atoms with Crippen molar-refractivity contribution in [3.05, 3.63) is 28.2 Å². The van der Waals surface area contributed by atoms with Gasteiger partial charge in [0, 0.05) is 34.8 Å². The zero-order chi connectivity index (χ0) is 15.1. The molecule has 1 aliphatic rings. The highest BCUT2D eigenvalue weighted by Gasteiger charge is 2.19. The summed E-state index contributed by atoms with van der Waals surface area (Å²) >= 11 is 14.1. The van der Waals surface area contributed by atoms with E-state index in [9.17, 15) is 0 Å². The number of thioether (sulfide) groups is 1. The molecule has 118 valence electrons. The van der Waals surface area contributed by atoms with Gasteiger partial charge in [0.25, 0.3) is 0 Å². The van der Waals surface area contributed by atoms with Crippen LogP contribution in [0, 0.1) is 0 Å². The normalized spacial score (nSPS) is 19.1. The van der Waals surface area contributed by atoms with Crippen LogP contribution in [0.5, 0.6) is 0 Å². The molecule has 0 bridgehead atoms. The average molecular weight is 347 g/mol. The van der Waals surface area contributed by atoms with Crippen LogP contribution >= 0.6 is 35.0 Å². The SMILES string of the molecule is CCCN(CCSc1cc(Cl)ccc1Cl)C1CCCNC1. The Kier molecular flexibility index (Phi) is 7.69. The first-order chi connectivity index (χ1) is 10.2. The molecule has 0 radical (unpaired) electrons. The predicted octanol–water partition coefficient (Wildman–Crippen LogP) is 4.55. The van der Waals surface area contributed by atoms with Gasteiger partial charge in [-0.05, 0) is 50.6 Å². The lowest BCUT2D eigenvalue weighted by molar-refractivity contribution is 0.176. The van der Waals surface area contributed by atoms with Gasteiger partial charge < -0.3 is 5.32 Å². The second kappa shape index (κ2) is 9.26. The summed E-state index contributed by atoms with van der Waals surface area (Å²) in [6.45, 7) is 6.83. The van der Waals surface area contributed by atoms with Crippen LogP contribution in [-0.4, -0.2) is 42.9 Å². The first kappa shape index (κ1) is 17.4. The summed E-state index contributed by atoms with van der Waals surface area (Å²) in [5.74, 6) is 1.05. The van der Waals surface area contributed by atoms with Crippen molar-refractivity contribution in [1.29, 1.82) is 0 Å². The molecule has 0 spiro atoms. The Morgan fingerprint density at radius 1 is 1.33 bits per heavy atom. The molecule has 0 amide bonds. The monoisotopic (exact) mass is 346 g/mol. The number of benzene rings is 1. The number of halogens is 2. The van der Waals surface area contributed by atoms with Gasteiger partial charge in [-0.2, -0.15) is 0 Å². The number of piperidine rings is 1. The third kappa shape index (κ3) is 5.65. The van der Waals surface area contributed by atoms with Crippen molar-refractivity contribution in [2.45, 2.75) is 37.1 Å². The molecule has 1 aromatic rings. The summed E-state index contributed by atoms with van der Waals surface area (Å²) in [5.41, 5.74) is 0. The van der Waals surface area contributed by atoms with Crippen LogP contribution < -0.4 is 5.32 Å². The highest BCUT2D eigenvalue weighted by Crippen LogP contribution is 2.30. The molecule has 2 rings (SSSR count). The van der Waals surface area contributed by atoms with E-state index in [0.29, 0.717) is 6.04 Å². The first-order valence-electron chi connectivity index (χ1n) is 7.73. The fourth-order valence-corrected chi connectivity index (χ4v) is 4.25. The second-order valence-corrected chi connectivity index (χ2v) is 7.44. The van der Waals surface area contributed by atoms with Crippen LogP contribution in [0.3, 0.4) is 0 Å². The Bertz CT molecular complexity index is 436. The van der Waals surface area contributed by atoms with Crippen molar-refractivity contribution in [3.8, 4) is 0 Å². The topological polar surface area (TPSA) is 15.3 Å². The van der Waals surface area contributed by atoms with Gasteiger partial charge in [0.2, 0.25) is 0 Å².